The molecule has 4 rings (SSSR count). The van der Waals surface area contributed by atoms with Gasteiger partial charge < -0.3 is 4.98 Å². The highest BCUT2D eigenvalue weighted by molar-refractivity contribution is 6.01. The van der Waals surface area contributed by atoms with Gasteiger partial charge in [-0.3, -0.25) is 9.59 Å². The van der Waals surface area contributed by atoms with Crippen LogP contribution >= 0.6 is 0 Å². The smallest absolute Gasteiger partial charge is 0.358 e. The van der Waals surface area contributed by atoms with E-state index in [4.69, 9.17) is 0 Å². The number of hydrogen-bond donors (Lipinski definition) is 1. The Hall–Kier alpha value is -3.10. The van der Waals surface area contributed by atoms with Gasteiger partial charge in [0.2, 0.25) is 0 Å². The topological polar surface area (TPSA) is 49.9 Å². The predicted molar refractivity (Wildman–Crippen MR) is 96.4 cm³/mol. The quantitative estimate of drug-likeness (QED) is 0.525. The van der Waals surface area contributed by atoms with Crippen molar-refractivity contribution in [3.05, 3.63) is 80.6 Å². The molecule has 1 aliphatic carbocycles. The molecule has 0 aliphatic heterocycles. The van der Waals surface area contributed by atoms with Crippen molar-refractivity contribution in [2.24, 2.45) is 0 Å². The van der Waals surface area contributed by atoms with Crippen molar-refractivity contribution in [1.29, 1.82) is 0 Å². The van der Waals surface area contributed by atoms with E-state index in [1.807, 2.05) is 0 Å². The molecule has 1 aliphatic rings. The number of H-pyrrole nitrogens is 1. The van der Waals surface area contributed by atoms with E-state index >= 15 is 0 Å². The number of carbonyl (C=O) groups is 1. The van der Waals surface area contributed by atoms with E-state index in [2.05, 4.69) is 4.98 Å². The molecule has 3 aromatic rings. The van der Waals surface area contributed by atoms with Gasteiger partial charge in [0.15, 0.2) is 11.2 Å². The standard InChI is InChI=1S/C21H13F6NO2/c22-20(23,24)12-3-1-10(2-4-12)11-7-16-18(17(29)8-11)19(30)14-9-13(21(25,26)27)5-6-15(14)28-16/h1-6,9,11H,7-8H2,(H,28,30). The fraction of sp³-hybridized carbons (Fsp3) is 0.238. The Kier molecular flexibility index (Phi) is 4.52. The molecule has 0 fully saturated rings. The van der Waals surface area contributed by atoms with Crippen molar-refractivity contribution < 1.29 is 31.1 Å². The number of benzene rings is 2. The van der Waals surface area contributed by atoms with E-state index < -0.39 is 40.6 Å². The van der Waals surface area contributed by atoms with Gasteiger partial charge in [-0.05, 0) is 48.2 Å². The number of nitrogens with one attached hydrogen (secondary N) is 1. The van der Waals surface area contributed by atoms with Crippen molar-refractivity contribution in [3.63, 3.8) is 0 Å². The van der Waals surface area contributed by atoms with Crippen LogP contribution in [0.2, 0.25) is 0 Å². The largest absolute Gasteiger partial charge is 0.416 e. The first-order chi connectivity index (χ1) is 13.9. The van der Waals surface area contributed by atoms with Crippen LogP contribution in [0.5, 0.6) is 0 Å². The summed E-state index contributed by atoms with van der Waals surface area (Å²) < 4.78 is 77.1. The van der Waals surface area contributed by atoms with E-state index in [0.717, 1.165) is 24.3 Å². The van der Waals surface area contributed by atoms with E-state index in [1.54, 1.807) is 0 Å². The van der Waals surface area contributed by atoms with Crippen LogP contribution in [0, 0.1) is 0 Å². The van der Waals surface area contributed by atoms with Crippen LogP contribution in [-0.2, 0) is 18.8 Å². The number of fused-ring (bicyclic) bond motifs is 2. The van der Waals surface area contributed by atoms with Crippen LogP contribution in [-0.4, -0.2) is 10.8 Å². The molecule has 1 heterocycles. The van der Waals surface area contributed by atoms with Crippen LogP contribution < -0.4 is 5.43 Å². The lowest BCUT2D eigenvalue weighted by molar-refractivity contribution is -0.138. The number of Topliss-reactive ketones (excluding diaryl/α,β-unsaturated/α-hetero) is 1. The molecule has 30 heavy (non-hydrogen) atoms. The van der Waals surface area contributed by atoms with Gasteiger partial charge in [-0.2, -0.15) is 26.3 Å². The summed E-state index contributed by atoms with van der Waals surface area (Å²) in [6.45, 7) is 0. The Morgan fingerprint density at radius 3 is 2.00 bits per heavy atom. The molecule has 9 heteroatoms. The Labute approximate surface area is 165 Å². The lowest BCUT2D eigenvalue weighted by atomic mass is 9.81. The average molecular weight is 425 g/mol. The Bertz CT molecular complexity index is 1210. The summed E-state index contributed by atoms with van der Waals surface area (Å²) in [6, 6.07) is 7.12. The summed E-state index contributed by atoms with van der Waals surface area (Å²) in [7, 11) is 0. The van der Waals surface area contributed by atoms with Crippen LogP contribution in [0.3, 0.4) is 0 Å². The molecule has 0 spiro atoms. The molecule has 0 saturated heterocycles. The van der Waals surface area contributed by atoms with Gasteiger partial charge in [0.25, 0.3) is 0 Å². The van der Waals surface area contributed by atoms with Crippen LogP contribution in [0.4, 0.5) is 26.3 Å². The van der Waals surface area contributed by atoms with Crippen molar-refractivity contribution >= 4 is 16.7 Å². The van der Waals surface area contributed by atoms with Gasteiger partial charge in [-0.1, -0.05) is 12.1 Å². The highest BCUT2D eigenvalue weighted by atomic mass is 19.4. The second-order valence-corrected chi connectivity index (χ2v) is 7.21. The molecular weight excluding hydrogens is 412 g/mol. The summed E-state index contributed by atoms with van der Waals surface area (Å²) in [4.78, 5) is 28.2. The van der Waals surface area contributed by atoms with Crippen LogP contribution in [0.25, 0.3) is 10.9 Å². The number of ketones is 1. The third-order valence-corrected chi connectivity index (χ3v) is 5.28. The van der Waals surface area contributed by atoms with Gasteiger partial charge in [0.1, 0.15) is 0 Å². The number of aromatic nitrogens is 1. The summed E-state index contributed by atoms with van der Waals surface area (Å²) in [5.74, 6) is -1.00. The van der Waals surface area contributed by atoms with Gasteiger partial charge in [0, 0.05) is 23.0 Å². The minimum Gasteiger partial charge on any atom is -0.358 e. The summed E-state index contributed by atoms with van der Waals surface area (Å²) >= 11 is 0. The molecule has 2 aromatic carbocycles. The third kappa shape index (κ3) is 3.48. The normalized spacial score (nSPS) is 17.3. The third-order valence-electron chi connectivity index (χ3n) is 5.28. The zero-order valence-electron chi connectivity index (χ0n) is 15.1. The Balaban J connectivity index is 1.75. The van der Waals surface area contributed by atoms with Crippen LogP contribution in [0.1, 0.15) is 45.1 Å². The van der Waals surface area contributed by atoms with Crippen molar-refractivity contribution in [3.8, 4) is 0 Å². The van der Waals surface area contributed by atoms with E-state index in [-0.39, 0.29) is 35.0 Å². The van der Waals surface area contributed by atoms with E-state index in [1.165, 1.54) is 12.1 Å². The van der Waals surface area contributed by atoms with Crippen molar-refractivity contribution in [2.75, 3.05) is 0 Å². The minimum absolute atomic E-state index is 0.119. The SMILES string of the molecule is O=C1CC(c2ccc(C(F)(F)F)cc2)Cc2[nH]c3ccc(C(F)(F)F)cc3c(=O)c21. The Morgan fingerprint density at radius 2 is 1.40 bits per heavy atom. The number of hydrogen-bond acceptors (Lipinski definition) is 2. The number of rotatable bonds is 1. The van der Waals surface area contributed by atoms with Crippen molar-refractivity contribution in [1.82, 2.24) is 4.98 Å². The van der Waals surface area contributed by atoms with Gasteiger partial charge >= 0.3 is 12.4 Å². The van der Waals surface area contributed by atoms with Crippen molar-refractivity contribution in [2.45, 2.75) is 31.1 Å². The predicted octanol–water partition coefficient (Wildman–Crippen LogP) is 5.48. The van der Waals surface area contributed by atoms with Gasteiger partial charge in [-0.25, -0.2) is 0 Å². The average Bonchev–Trinajstić information content (AvgIpc) is 2.66. The first-order valence-electron chi connectivity index (χ1n) is 8.91. The summed E-state index contributed by atoms with van der Waals surface area (Å²) in [6.07, 6.45) is -9.05. The second kappa shape index (κ2) is 6.72. The van der Waals surface area contributed by atoms with E-state index in [0.29, 0.717) is 11.6 Å². The first kappa shape index (κ1) is 20.2. The zero-order valence-corrected chi connectivity index (χ0v) is 15.1. The lowest BCUT2D eigenvalue weighted by Gasteiger charge is -2.24. The number of alkyl halides is 6. The molecule has 3 nitrogen and oxygen atoms in total. The van der Waals surface area contributed by atoms with Gasteiger partial charge in [0.05, 0.1) is 16.7 Å². The maximum absolute atomic E-state index is 13.0. The maximum atomic E-state index is 13.0. The molecule has 1 atom stereocenters. The first-order valence-corrected chi connectivity index (χ1v) is 8.91. The lowest BCUT2D eigenvalue weighted by Crippen LogP contribution is -2.28. The van der Waals surface area contributed by atoms with Gasteiger partial charge in [-0.15, -0.1) is 0 Å². The fourth-order valence-corrected chi connectivity index (χ4v) is 3.79. The summed E-state index contributed by atoms with van der Waals surface area (Å²) in [5.41, 5.74) is -1.83. The highest BCUT2D eigenvalue weighted by Gasteiger charge is 2.34. The molecule has 156 valence electrons. The minimum atomic E-state index is -4.63. The highest BCUT2D eigenvalue weighted by Crippen LogP contribution is 2.35. The van der Waals surface area contributed by atoms with E-state index in [9.17, 15) is 35.9 Å². The molecule has 1 aromatic heterocycles. The molecule has 0 bridgehead atoms. The maximum Gasteiger partial charge on any atom is 0.416 e. The second-order valence-electron chi connectivity index (χ2n) is 7.21. The molecule has 0 radical (unpaired) electrons. The Morgan fingerprint density at radius 1 is 0.800 bits per heavy atom. The number of carbonyl (C=O) groups excluding carboxylic acids is 1. The number of halogens is 6. The fourth-order valence-electron chi connectivity index (χ4n) is 3.79. The number of aromatic amines is 1. The molecule has 1 N–H and O–H groups in total. The molecule has 0 amide bonds. The monoisotopic (exact) mass is 425 g/mol. The number of pyridine rings is 1. The zero-order chi connectivity index (χ0) is 21.8. The molecule has 0 saturated carbocycles. The van der Waals surface area contributed by atoms with Crippen LogP contribution in [0.15, 0.2) is 47.3 Å². The summed E-state index contributed by atoms with van der Waals surface area (Å²) in [5, 5.41) is -0.232. The molecule has 1 unspecified atom stereocenters. The molecular formula is C21H13F6NO2.